The summed E-state index contributed by atoms with van der Waals surface area (Å²) in [4.78, 5) is 0. The summed E-state index contributed by atoms with van der Waals surface area (Å²) in [5.41, 5.74) is 2.65. The van der Waals surface area contributed by atoms with Crippen molar-refractivity contribution in [2.75, 3.05) is 0 Å². The molecule has 0 N–H and O–H groups in total. The molecule has 0 saturated carbocycles. The van der Waals surface area contributed by atoms with Crippen LogP contribution in [0.5, 0.6) is 0 Å². The van der Waals surface area contributed by atoms with Crippen molar-refractivity contribution in [1.82, 2.24) is 0 Å². The Bertz CT molecular complexity index is 714. The zero-order valence-corrected chi connectivity index (χ0v) is 10.2. The monoisotopic (exact) mass is 236 g/mol. The summed E-state index contributed by atoms with van der Waals surface area (Å²) < 4.78 is 13.6. The zero-order valence-electron chi connectivity index (χ0n) is 10.2. The van der Waals surface area contributed by atoms with Gasteiger partial charge in [-0.3, -0.25) is 0 Å². The summed E-state index contributed by atoms with van der Waals surface area (Å²) >= 11 is 0. The second-order valence-corrected chi connectivity index (χ2v) is 4.53. The van der Waals surface area contributed by atoms with Crippen LogP contribution in [0.15, 0.2) is 60.7 Å². The van der Waals surface area contributed by atoms with E-state index in [9.17, 15) is 4.39 Å². The highest BCUT2D eigenvalue weighted by Gasteiger charge is 2.03. The van der Waals surface area contributed by atoms with Crippen molar-refractivity contribution < 1.29 is 4.39 Å². The molecule has 0 aliphatic rings. The first-order chi connectivity index (χ1) is 8.74. The summed E-state index contributed by atoms with van der Waals surface area (Å²) in [6.07, 6.45) is 0. The third kappa shape index (κ3) is 1.88. The van der Waals surface area contributed by atoms with Gasteiger partial charge in [0.2, 0.25) is 0 Å². The highest BCUT2D eigenvalue weighted by molar-refractivity contribution is 5.87. The van der Waals surface area contributed by atoms with Gasteiger partial charge in [-0.25, -0.2) is 4.39 Å². The molecule has 88 valence electrons. The lowest BCUT2D eigenvalue weighted by Gasteiger charge is -2.05. The summed E-state index contributed by atoms with van der Waals surface area (Å²) in [5, 5.41) is 2.38. The van der Waals surface area contributed by atoms with E-state index in [1.165, 1.54) is 10.8 Å². The third-order valence-electron chi connectivity index (χ3n) is 3.25. The average Bonchev–Trinajstić information content (AvgIpc) is 2.41. The van der Waals surface area contributed by atoms with Gasteiger partial charge in [0, 0.05) is 0 Å². The van der Waals surface area contributed by atoms with Gasteiger partial charge in [-0.05, 0) is 46.5 Å². The summed E-state index contributed by atoms with van der Waals surface area (Å²) in [6.45, 7) is 1.78. The van der Waals surface area contributed by atoms with Gasteiger partial charge in [-0.15, -0.1) is 0 Å². The molecular formula is C17H13F. The number of benzene rings is 3. The van der Waals surface area contributed by atoms with Crippen molar-refractivity contribution in [3.63, 3.8) is 0 Å². The Morgan fingerprint density at radius 1 is 0.722 bits per heavy atom. The molecule has 3 aromatic carbocycles. The van der Waals surface area contributed by atoms with Crippen LogP contribution in [0.25, 0.3) is 21.9 Å². The lowest BCUT2D eigenvalue weighted by Crippen LogP contribution is -1.84. The topological polar surface area (TPSA) is 0 Å². The van der Waals surface area contributed by atoms with E-state index >= 15 is 0 Å². The number of rotatable bonds is 1. The standard InChI is InChI=1S/C17H13F/c1-12-6-7-16(11-17(12)18)15-9-8-13-4-2-3-5-14(13)10-15/h2-11H,1H3. The van der Waals surface area contributed by atoms with Crippen molar-refractivity contribution in [3.05, 3.63) is 72.0 Å². The molecule has 3 aromatic rings. The fraction of sp³-hybridized carbons (Fsp3) is 0.0588. The lowest BCUT2D eigenvalue weighted by atomic mass is 10.0. The second-order valence-electron chi connectivity index (χ2n) is 4.53. The quantitative estimate of drug-likeness (QED) is 0.560. The summed E-state index contributed by atoms with van der Waals surface area (Å²) in [5.74, 6) is -0.152. The molecule has 0 aliphatic carbocycles. The van der Waals surface area contributed by atoms with E-state index in [0.29, 0.717) is 5.56 Å². The minimum absolute atomic E-state index is 0.152. The molecule has 0 unspecified atom stereocenters. The first kappa shape index (κ1) is 11.0. The first-order valence-corrected chi connectivity index (χ1v) is 5.99. The first-order valence-electron chi connectivity index (χ1n) is 5.99. The smallest absolute Gasteiger partial charge is 0.126 e. The Kier molecular flexibility index (Phi) is 2.60. The SMILES string of the molecule is Cc1ccc(-c2ccc3ccccc3c2)cc1F. The Morgan fingerprint density at radius 3 is 2.17 bits per heavy atom. The summed E-state index contributed by atoms with van der Waals surface area (Å²) in [7, 11) is 0. The van der Waals surface area contributed by atoms with Gasteiger partial charge in [0.25, 0.3) is 0 Å². The molecular weight excluding hydrogens is 223 g/mol. The van der Waals surface area contributed by atoms with Crippen LogP contribution in [-0.4, -0.2) is 0 Å². The molecule has 0 aliphatic heterocycles. The normalized spacial score (nSPS) is 10.8. The van der Waals surface area contributed by atoms with Crippen LogP contribution in [0.4, 0.5) is 4.39 Å². The number of hydrogen-bond acceptors (Lipinski definition) is 0. The fourth-order valence-corrected chi connectivity index (χ4v) is 2.14. The Labute approximate surface area is 106 Å². The highest BCUT2D eigenvalue weighted by Crippen LogP contribution is 2.25. The maximum atomic E-state index is 13.6. The van der Waals surface area contributed by atoms with Gasteiger partial charge in [0.05, 0.1) is 0 Å². The number of hydrogen-bond donors (Lipinski definition) is 0. The third-order valence-corrected chi connectivity index (χ3v) is 3.25. The molecule has 0 nitrogen and oxygen atoms in total. The maximum Gasteiger partial charge on any atom is 0.126 e. The van der Waals surface area contributed by atoms with Crippen LogP contribution in [-0.2, 0) is 0 Å². The van der Waals surface area contributed by atoms with Crippen molar-refractivity contribution >= 4 is 10.8 Å². The molecule has 0 amide bonds. The van der Waals surface area contributed by atoms with Gasteiger partial charge in [0.15, 0.2) is 0 Å². The van der Waals surface area contributed by atoms with E-state index in [1.807, 2.05) is 30.3 Å². The van der Waals surface area contributed by atoms with Gasteiger partial charge in [-0.1, -0.05) is 48.5 Å². The predicted molar refractivity (Wildman–Crippen MR) is 74.1 cm³/mol. The molecule has 0 spiro atoms. The van der Waals surface area contributed by atoms with Crippen LogP contribution in [0, 0.1) is 12.7 Å². The number of aryl methyl sites for hydroxylation is 1. The van der Waals surface area contributed by atoms with Crippen molar-refractivity contribution in [2.45, 2.75) is 6.92 Å². The van der Waals surface area contributed by atoms with E-state index in [1.54, 1.807) is 13.0 Å². The Morgan fingerprint density at radius 2 is 1.39 bits per heavy atom. The highest BCUT2D eigenvalue weighted by atomic mass is 19.1. The van der Waals surface area contributed by atoms with Crippen LogP contribution < -0.4 is 0 Å². The van der Waals surface area contributed by atoms with Crippen LogP contribution in [0.3, 0.4) is 0 Å². The molecule has 0 bridgehead atoms. The van der Waals surface area contributed by atoms with E-state index in [2.05, 4.69) is 24.3 Å². The van der Waals surface area contributed by atoms with E-state index in [-0.39, 0.29) is 5.82 Å². The minimum Gasteiger partial charge on any atom is -0.207 e. The van der Waals surface area contributed by atoms with Gasteiger partial charge < -0.3 is 0 Å². The molecule has 0 saturated heterocycles. The Balaban J connectivity index is 2.16. The van der Waals surface area contributed by atoms with Gasteiger partial charge in [0.1, 0.15) is 5.82 Å². The van der Waals surface area contributed by atoms with E-state index in [4.69, 9.17) is 0 Å². The lowest BCUT2D eigenvalue weighted by molar-refractivity contribution is 0.619. The maximum absolute atomic E-state index is 13.6. The molecule has 0 atom stereocenters. The number of fused-ring (bicyclic) bond motifs is 1. The van der Waals surface area contributed by atoms with Crippen LogP contribution in [0.2, 0.25) is 0 Å². The largest absolute Gasteiger partial charge is 0.207 e. The van der Waals surface area contributed by atoms with Crippen molar-refractivity contribution in [3.8, 4) is 11.1 Å². The number of halogens is 1. The molecule has 0 heterocycles. The molecule has 0 aromatic heterocycles. The second kappa shape index (κ2) is 4.26. The Hall–Kier alpha value is -2.15. The van der Waals surface area contributed by atoms with E-state index in [0.717, 1.165) is 11.1 Å². The van der Waals surface area contributed by atoms with Gasteiger partial charge in [-0.2, -0.15) is 0 Å². The molecule has 3 rings (SSSR count). The molecule has 1 heteroatoms. The molecule has 0 radical (unpaired) electrons. The summed E-state index contributed by atoms with van der Waals surface area (Å²) in [6, 6.07) is 19.8. The van der Waals surface area contributed by atoms with E-state index < -0.39 is 0 Å². The van der Waals surface area contributed by atoms with Gasteiger partial charge >= 0.3 is 0 Å². The molecule has 0 fully saturated rings. The van der Waals surface area contributed by atoms with Crippen molar-refractivity contribution in [1.29, 1.82) is 0 Å². The average molecular weight is 236 g/mol. The fourth-order valence-electron chi connectivity index (χ4n) is 2.14. The van der Waals surface area contributed by atoms with Crippen molar-refractivity contribution in [2.24, 2.45) is 0 Å². The molecule has 18 heavy (non-hydrogen) atoms. The van der Waals surface area contributed by atoms with Crippen LogP contribution >= 0.6 is 0 Å². The van der Waals surface area contributed by atoms with Crippen LogP contribution in [0.1, 0.15) is 5.56 Å². The predicted octanol–water partition coefficient (Wildman–Crippen LogP) is 4.95. The zero-order chi connectivity index (χ0) is 12.5. The minimum atomic E-state index is -0.152.